The molecule has 1 aromatic rings. The summed E-state index contributed by atoms with van der Waals surface area (Å²) in [5, 5.41) is 1.12. The number of hydrogen-bond donors (Lipinski definition) is 1. The molecule has 1 aromatic heterocycles. The molecule has 1 rings (SSSR count). The third kappa shape index (κ3) is 1.70. The van der Waals surface area contributed by atoms with E-state index in [2.05, 4.69) is 27.8 Å². The molecule has 0 amide bonds. The van der Waals surface area contributed by atoms with Gasteiger partial charge in [0, 0.05) is 0 Å². The monoisotopic (exact) mass is 220 g/mol. The van der Waals surface area contributed by atoms with E-state index in [1.807, 2.05) is 0 Å². The van der Waals surface area contributed by atoms with Crippen LogP contribution >= 0.6 is 27.3 Å². The van der Waals surface area contributed by atoms with Crippen LogP contribution in [0.2, 0.25) is 0 Å². The summed E-state index contributed by atoms with van der Waals surface area (Å²) in [5.41, 5.74) is 5.52. The Bertz CT molecular complexity index is 202. The topological polar surface area (TPSA) is 38.9 Å². The standard InChI is InChI=1S/C6H9BrN2S/c1-2-3-4-9-6(8)5(7)10-4/h2-3,8H2,1H3. The first-order valence-electron chi connectivity index (χ1n) is 3.14. The van der Waals surface area contributed by atoms with Crippen LogP contribution in [0.3, 0.4) is 0 Å². The minimum atomic E-state index is 0.619. The van der Waals surface area contributed by atoms with Crippen LogP contribution in [0.4, 0.5) is 5.82 Å². The maximum atomic E-state index is 5.52. The van der Waals surface area contributed by atoms with Crippen molar-refractivity contribution in [2.24, 2.45) is 0 Å². The molecule has 0 saturated carbocycles. The number of anilines is 1. The van der Waals surface area contributed by atoms with E-state index in [-0.39, 0.29) is 0 Å². The van der Waals surface area contributed by atoms with Gasteiger partial charge in [-0.2, -0.15) is 0 Å². The first kappa shape index (κ1) is 8.01. The number of thiazole rings is 1. The fourth-order valence-corrected chi connectivity index (χ4v) is 2.13. The van der Waals surface area contributed by atoms with Gasteiger partial charge in [0.1, 0.15) is 9.60 Å². The Morgan fingerprint density at radius 1 is 1.70 bits per heavy atom. The fourth-order valence-electron chi connectivity index (χ4n) is 0.678. The van der Waals surface area contributed by atoms with Crippen molar-refractivity contribution in [3.63, 3.8) is 0 Å². The number of rotatable bonds is 2. The number of aromatic nitrogens is 1. The summed E-state index contributed by atoms with van der Waals surface area (Å²) in [5.74, 6) is 0.619. The Balaban J connectivity index is 2.77. The molecule has 4 heteroatoms. The van der Waals surface area contributed by atoms with E-state index in [1.165, 1.54) is 0 Å². The largest absolute Gasteiger partial charge is 0.382 e. The second-order valence-corrected chi connectivity index (χ2v) is 4.42. The van der Waals surface area contributed by atoms with Crippen LogP contribution in [0.5, 0.6) is 0 Å². The van der Waals surface area contributed by atoms with Gasteiger partial charge >= 0.3 is 0 Å². The molecule has 56 valence electrons. The lowest BCUT2D eigenvalue weighted by molar-refractivity contribution is 0.910. The van der Waals surface area contributed by atoms with Crippen LogP contribution in [-0.2, 0) is 6.42 Å². The normalized spacial score (nSPS) is 10.2. The summed E-state index contributed by atoms with van der Waals surface area (Å²) in [7, 11) is 0. The Morgan fingerprint density at radius 2 is 2.40 bits per heavy atom. The van der Waals surface area contributed by atoms with Crippen LogP contribution in [0.25, 0.3) is 0 Å². The van der Waals surface area contributed by atoms with Crippen molar-refractivity contribution in [3.05, 3.63) is 8.79 Å². The van der Waals surface area contributed by atoms with Gasteiger partial charge in [0.15, 0.2) is 0 Å². The minimum absolute atomic E-state index is 0.619. The Morgan fingerprint density at radius 3 is 2.80 bits per heavy atom. The van der Waals surface area contributed by atoms with Gasteiger partial charge < -0.3 is 5.73 Å². The van der Waals surface area contributed by atoms with Gasteiger partial charge in [0.2, 0.25) is 0 Å². The highest BCUT2D eigenvalue weighted by atomic mass is 79.9. The molecule has 1 heterocycles. The average Bonchev–Trinajstić information content (AvgIpc) is 2.14. The van der Waals surface area contributed by atoms with E-state index >= 15 is 0 Å². The van der Waals surface area contributed by atoms with Crippen molar-refractivity contribution in [3.8, 4) is 0 Å². The van der Waals surface area contributed by atoms with Gasteiger partial charge in [-0.15, -0.1) is 11.3 Å². The van der Waals surface area contributed by atoms with E-state index in [0.717, 1.165) is 21.6 Å². The molecule has 0 aliphatic heterocycles. The van der Waals surface area contributed by atoms with Gasteiger partial charge in [-0.05, 0) is 28.8 Å². The smallest absolute Gasteiger partial charge is 0.149 e. The second-order valence-electron chi connectivity index (χ2n) is 2.02. The highest BCUT2D eigenvalue weighted by molar-refractivity contribution is 9.11. The third-order valence-corrected chi connectivity index (χ3v) is 2.93. The molecule has 0 spiro atoms. The van der Waals surface area contributed by atoms with Crippen molar-refractivity contribution in [2.75, 3.05) is 5.73 Å². The predicted octanol–water partition coefficient (Wildman–Crippen LogP) is 2.44. The fraction of sp³-hybridized carbons (Fsp3) is 0.500. The van der Waals surface area contributed by atoms with Crippen molar-refractivity contribution < 1.29 is 0 Å². The molecule has 2 N–H and O–H groups in total. The summed E-state index contributed by atoms with van der Waals surface area (Å²) >= 11 is 4.94. The van der Waals surface area contributed by atoms with Crippen molar-refractivity contribution in [1.82, 2.24) is 4.98 Å². The summed E-state index contributed by atoms with van der Waals surface area (Å²) < 4.78 is 0.955. The zero-order valence-electron chi connectivity index (χ0n) is 5.72. The number of halogens is 1. The summed E-state index contributed by atoms with van der Waals surface area (Å²) in [6.45, 7) is 2.13. The van der Waals surface area contributed by atoms with E-state index < -0.39 is 0 Å². The number of nitrogen functional groups attached to an aromatic ring is 1. The molecule has 0 aromatic carbocycles. The highest BCUT2D eigenvalue weighted by Gasteiger charge is 2.02. The first-order valence-corrected chi connectivity index (χ1v) is 4.75. The van der Waals surface area contributed by atoms with Crippen LogP contribution in [-0.4, -0.2) is 4.98 Å². The highest BCUT2D eigenvalue weighted by Crippen LogP contribution is 2.26. The lowest BCUT2D eigenvalue weighted by Gasteiger charge is -1.85. The molecule has 0 aliphatic carbocycles. The molecule has 0 bridgehead atoms. The van der Waals surface area contributed by atoms with Crippen LogP contribution in [0.1, 0.15) is 18.4 Å². The van der Waals surface area contributed by atoms with Gasteiger partial charge in [-0.1, -0.05) is 6.92 Å². The number of nitrogens with zero attached hydrogens (tertiary/aromatic N) is 1. The molecule has 0 unspecified atom stereocenters. The quantitative estimate of drug-likeness (QED) is 0.832. The maximum absolute atomic E-state index is 5.52. The van der Waals surface area contributed by atoms with E-state index in [0.29, 0.717) is 5.82 Å². The molecule has 10 heavy (non-hydrogen) atoms. The van der Waals surface area contributed by atoms with E-state index in [4.69, 9.17) is 5.73 Å². The maximum Gasteiger partial charge on any atom is 0.149 e. The zero-order chi connectivity index (χ0) is 7.56. The van der Waals surface area contributed by atoms with Crippen LogP contribution < -0.4 is 5.73 Å². The van der Waals surface area contributed by atoms with Gasteiger partial charge in [0.25, 0.3) is 0 Å². The Hall–Kier alpha value is -0.0900. The van der Waals surface area contributed by atoms with Gasteiger partial charge in [-0.3, -0.25) is 0 Å². The van der Waals surface area contributed by atoms with Crippen LogP contribution in [0.15, 0.2) is 3.79 Å². The molecule has 0 radical (unpaired) electrons. The summed E-state index contributed by atoms with van der Waals surface area (Å²) in [6, 6.07) is 0. The summed E-state index contributed by atoms with van der Waals surface area (Å²) in [4.78, 5) is 4.15. The second kappa shape index (κ2) is 3.34. The number of aryl methyl sites for hydroxylation is 1. The third-order valence-electron chi connectivity index (χ3n) is 1.12. The Labute approximate surface area is 72.6 Å². The van der Waals surface area contributed by atoms with Gasteiger partial charge in [0.05, 0.1) is 5.01 Å². The molecule has 2 nitrogen and oxygen atoms in total. The molecule has 0 atom stereocenters. The van der Waals surface area contributed by atoms with Crippen molar-refractivity contribution >= 4 is 33.1 Å². The average molecular weight is 221 g/mol. The number of nitrogens with two attached hydrogens (primary N) is 1. The van der Waals surface area contributed by atoms with Crippen molar-refractivity contribution in [1.29, 1.82) is 0 Å². The predicted molar refractivity (Wildman–Crippen MR) is 48.2 cm³/mol. The lowest BCUT2D eigenvalue weighted by atomic mass is 10.4. The van der Waals surface area contributed by atoms with E-state index in [9.17, 15) is 0 Å². The first-order chi connectivity index (χ1) is 4.74. The molecular formula is C6H9BrN2S. The van der Waals surface area contributed by atoms with Crippen LogP contribution in [0, 0.1) is 0 Å². The SMILES string of the molecule is CCCc1nc(N)c(Br)s1. The number of hydrogen-bond acceptors (Lipinski definition) is 3. The minimum Gasteiger partial charge on any atom is -0.382 e. The Kier molecular flexibility index (Phi) is 2.68. The lowest BCUT2D eigenvalue weighted by Crippen LogP contribution is -1.86. The molecule has 0 aliphatic rings. The van der Waals surface area contributed by atoms with E-state index in [1.54, 1.807) is 11.3 Å². The zero-order valence-corrected chi connectivity index (χ0v) is 8.13. The summed E-state index contributed by atoms with van der Waals surface area (Å²) in [6.07, 6.45) is 2.15. The van der Waals surface area contributed by atoms with Crippen molar-refractivity contribution in [2.45, 2.75) is 19.8 Å². The van der Waals surface area contributed by atoms with Gasteiger partial charge in [-0.25, -0.2) is 4.98 Å². The molecule has 0 fully saturated rings. The molecule has 0 saturated heterocycles. The molecular weight excluding hydrogens is 212 g/mol.